The predicted molar refractivity (Wildman–Crippen MR) is 108 cm³/mol. The van der Waals surface area contributed by atoms with Crippen molar-refractivity contribution in [2.45, 2.75) is 13.3 Å². The first-order valence-electron chi connectivity index (χ1n) is 9.03. The number of amides is 1. The molecule has 0 aliphatic heterocycles. The fourth-order valence-corrected chi connectivity index (χ4v) is 2.98. The summed E-state index contributed by atoms with van der Waals surface area (Å²) in [6.45, 7) is 2.61. The molecule has 0 aliphatic rings. The third-order valence-electron chi connectivity index (χ3n) is 4.35. The van der Waals surface area contributed by atoms with Crippen LogP contribution in [0.15, 0.2) is 54.2 Å². The van der Waals surface area contributed by atoms with Crippen LogP contribution < -0.4 is 10.1 Å². The molecule has 0 bridgehead atoms. The summed E-state index contributed by atoms with van der Waals surface area (Å²) in [6, 6.07) is 14.8. The van der Waals surface area contributed by atoms with Crippen LogP contribution in [0, 0.1) is 11.3 Å². The van der Waals surface area contributed by atoms with E-state index >= 15 is 0 Å². The third kappa shape index (κ3) is 4.15. The van der Waals surface area contributed by atoms with Crippen molar-refractivity contribution in [2.75, 3.05) is 13.2 Å². The van der Waals surface area contributed by atoms with Crippen LogP contribution in [0.3, 0.4) is 0 Å². The summed E-state index contributed by atoms with van der Waals surface area (Å²) in [5, 5.41) is 23.5. The average molecular weight is 375 g/mol. The van der Waals surface area contributed by atoms with Gasteiger partial charge in [-0.1, -0.05) is 30.3 Å². The lowest BCUT2D eigenvalue weighted by atomic mass is 10.1. The van der Waals surface area contributed by atoms with E-state index in [2.05, 4.69) is 10.3 Å². The van der Waals surface area contributed by atoms with Crippen molar-refractivity contribution in [1.82, 2.24) is 10.3 Å². The molecule has 142 valence electrons. The molecule has 1 aromatic heterocycles. The van der Waals surface area contributed by atoms with Gasteiger partial charge >= 0.3 is 0 Å². The Kier molecular flexibility index (Phi) is 5.97. The third-order valence-corrected chi connectivity index (χ3v) is 4.35. The zero-order valence-electron chi connectivity index (χ0n) is 15.5. The van der Waals surface area contributed by atoms with Gasteiger partial charge in [0.25, 0.3) is 5.91 Å². The van der Waals surface area contributed by atoms with Crippen LogP contribution in [-0.4, -0.2) is 29.1 Å². The van der Waals surface area contributed by atoms with Gasteiger partial charge in [0.2, 0.25) is 0 Å². The Balaban J connectivity index is 1.68. The Morgan fingerprint density at radius 2 is 2.11 bits per heavy atom. The van der Waals surface area contributed by atoms with Gasteiger partial charge in [0.05, 0.1) is 6.61 Å². The maximum absolute atomic E-state index is 12.4. The van der Waals surface area contributed by atoms with E-state index in [-0.39, 0.29) is 11.3 Å². The Labute approximate surface area is 163 Å². The largest absolute Gasteiger partial charge is 0.504 e. The van der Waals surface area contributed by atoms with Crippen LogP contribution in [0.5, 0.6) is 11.5 Å². The number of hydrogen-bond donors (Lipinski definition) is 3. The maximum Gasteiger partial charge on any atom is 0.261 e. The van der Waals surface area contributed by atoms with Crippen molar-refractivity contribution in [3.05, 3.63) is 65.4 Å². The predicted octanol–water partition coefficient (Wildman–Crippen LogP) is 3.54. The number of aromatic hydroxyl groups is 1. The molecule has 0 fully saturated rings. The highest BCUT2D eigenvalue weighted by Gasteiger charge is 2.12. The number of fused-ring (bicyclic) bond motifs is 1. The van der Waals surface area contributed by atoms with E-state index in [1.165, 1.54) is 6.08 Å². The second-order valence-corrected chi connectivity index (χ2v) is 6.16. The van der Waals surface area contributed by atoms with Gasteiger partial charge in [0.1, 0.15) is 11.6 Å². The second-order valence-electron chi connectivity index (χ2n) is 6.16. The molecule has 3 rings (SSSR count). The summed E-state index contributed by atoms with van der Waals surface area (Å²) in [5.74, 6) is -0.263. The summed E-state index contributed by atoms with van der Waals surface area (Å²) < 4.78 is 5.33. The summed E-state index contributed by atoms with van der Waals surface area (Å²) in [7, 11) is 0. The van der Waals surface area contributed by atoms with E-state index < -0.39 is 5.91 Å². The number of H-pyrrole nitrogens is 1. The Morgan fingerprint density at radius 3 is 2.89 bits per heavy atom. The number of nitrogens with one attached hydrogen (secondary N) is 2. The number of para-hydroxylation sites is 2. The second kappa shape index (κ2) is 8.78. The monoisotopic (exact) mass is 375 g/mol. The van der Waals surface area contributed by atoms with Crippen LogP contribution in [0.2, 0.25) is 0 Å². The first-order chi connectivity index (χ1) is 13.6. The quantitative estimate of drug-likeness (QED) is 0.434. The van der Waals surface area contributed by atoms with Crippen molar-refractivity contribution in [1.29, 1.82) is 5.26 Å². The van der Waals surface area contributed by atoms with Crippen molar-refractivity contribution in [3.8, 4) is 17.6 Å². The maximum atomic E-state index is 12.4. The number of nitriles is 1. The van der Waals surface area contributed by atoms with Crippen LogP contribution in [0.25, 0.3) is 17.0 Å². The molecule has 0 saturated carbocycles. The SMILES string of the molecule is CCOc1cccc(/C=C(\C#N)C(=O)NCCc2c[nH]c3ccccc23)c1O. The lowest BCUT2D eigenvalue weighted by Gasteiger charge is -2.08. The number of aromatic amines is 1. The molecule has 0 spiro atoms. The van der Waals surface area contributed by atoms with E-state index in [1.807, 2.05) is 43.5 Å². The van der Waals surface area contributed by atoms with Gasteiger partial charge in [-0.25, -0.2) is 0 Å². The zero-order chi connectivity index (χ0) is 19.9. The fraction of sp³-hybridized carbons (Fsp3) is 0.182. The molecule has 6 heteroatoms. The number of phenols is 1. The summed E-state index contributed by atoms with van der Waals surface area (Å²) >= 11 is 0. The molecular weight excluding hydrogens is 354 g/mol. The number of benzene rings is 2. The van der Waals surface area contributed by atoms with Gasteiger partial charge in [-0.3, -0.25) is 4.79 Å². The summed E-state index contributed by atoms with van der Waals surface area (Å²) in [6.07, 6.45) is 3.92. The van der Waals surface area contributed by atoms with Gasteiger partial charge in [-0.2, -0.15) is 5.26 Å². The molecular formula is C22H21N3O3. The number of nitrogens with zero attached hydrogens (tertiary/aromatic N) is 1. The normalized spacial score (nSPS) is 11.2. The molecule has 6 nitrogen and oxygen atoms in total. The molecule has 0 radical (unpaired) electrons. The van der Waals surface area contributed by atoms with Gasteiger partial charge in [0.15, 0.2) is 11.5 Å². The van der Waals surface area contributed by atoms with Gasteiger partial charge < -0.3 is 20.1 Å². The molecule has 1 heterocycles. The van der Waals surface area contributed by atoms with Crippen molar-refractivity contribution >= 4 is 22.9 Å². The Bertz CT molecular complexity index is 1060. The number of hydrogen-bond acceptors (Lipinski definition) is 4. The number of aromatic nitrogens is 1. The molecule has 3 N–H and O–H groups in total. The minimum Gasteiger partial charge on any atom is -0.504 e. The molecule has 0 atom stereocenters. The smallest absolute Gasteiger partial charge is 0.261 e. The standard InChI is InChI=1S/C22H21N3O3/c1-2-28-20-9-5-6-15(21(20)26)12-17(13-23)22(27)24-11-10-16-14-25-19-8-4-3-7-18(16)19/h3-9,12,14,25-26H,2,10-11H2,1H3,(H,24,27)/b17-12+. The van der Waals surface area contributed by atoms with E-state index in [9.17, 15) is 15.2 Å². The number of rotatable bonds is 7. The van der Waals surface area contributed by atoms with E-state index in [0.29, 0.717) is 30.9 Å². The van der Waals surface area contributed by atoms with Crippen LogP contribution in [0.1, 0.15) is 18.1 Å². The molecule has 0 aliphatic carbocycles. The highest BCUT2D eigenvalue weighted by molar-refractivity contribution is 6.02. The summed E-state index contributed by atoms with van der Waals surface area (Å²) in [5.41, 5.74) is 2.42. The highest BCUT2D eigenvalue weighted by Crippen LogP contribution is 2.31. The van der Waals surface area contributed by atoms with Crippen LogP contribution >= 0.6 is 0 Å². The minimum absolute atomic E-state index is 0.0807. The topological polar surface area (TPSA) is 98.1 Å². The first kappa shape index (κ1) is 19.1. The number of phenolic OH excluding ortho intramolecular Hbond substituents is 1. The molecule has 0 unspecified atom stereocenters. The minimum atomic E-state index is -0.483. The number of ether oxygens (including phenoxy) is 1. The first-order valence-corrected chi connectivity index (χ1v) is 9.03. The Hall–Kier alpha value is -3.72. The van der Waals surface area contributed by atoms with E-state index in [1.54, 1.807) is 18.2 Å². The number of carbonyl (C=O) groups is 1. The Morgan fingerprint density at radius 1 is 1.29 bits per heavy atom. The lowest BCUT2D eigenvalue weighted by molar-refractivity contribution is -0.117. The van der Waals surface area contributed by atoms with E-state index in [4.69, 9.17) is 4.74 Å². The molecule has 1 amide bonds. The van der Waals surface area contributed by atoms with Crippen molar-refractivity contribution < 1.29 is 14.6 Å². The lowest BCUT2D eigenvalue weighted by Crippen LogP contribution is -2.26. The zero-order valence-corrected chi connectivity index (χ0v) is 15.5. The fourth-order valence-electron chi connectivity index (χ4n) is 2.98. The van der Waals surface area contributed by atoms with Crippen molar-refractivity contribution in [3.63, 3.8) is 0 Å². The van der Waals surface area contributed by atoms with Crippen LogP contribution in [0.4, 0.5) is 0 Å². The number of carbonyl (C=O) groups excluding carboxylic acids is 1. The average Bonchev–Trinajstić information content (AvgIpc) is 3.12. The molecule has 28 heavy (non-hydrogen) atoms. The van der Waals surface area contributed by atoms with Gasteiger partial charge in [-0.15, -0.1) is 0 Å². The van der Waals surface area contributed by atoms with Gasteiger partial charge in [-0.05, 0) is 37.1 Å². The van der Waals surface area contributed by atoms with E-state index in [0.717, 1.165) is 16.5 Å². The summed E-state index contributed by atoms with van der Waals surface area (Å²) in [4.78, 5) is 15.6. The molecule has 2 aromatic carbocycles. The molecule has 0 saturated heterocycles. The molecule has 3 aromatic rings. The van der Waals surface area contributed by atoms with Gasteiger partial charge in [0, 0.05) is 29.2 Å². The van der Waals surface area contributed by atoms with Crippen LogP contribution in [-0.2, 0) is 11.2 Å². The highest BCUT2D eigenvalue weighted by atomic mass is 16.5. The van der Waals surface area contributed by atoms with Crippen molar-refractivity contribution in [2.24, 2.45) is 0 Å².